The monoisotopic (exact) mass is 491 g/mol. The first-order chi connectivity index (χ1) is 15.5. The molecule has 170 valence electrons. The van der Waals surface area contributed by atoms with Gasteiger partial charge in [0.15, 0.2) is 0 Å². The molecule has 1 heterocycles. The van der Waals surface area contributed by atoms with E-state index in [4.69, 9.17) is 40.2 Å². The van der Waals surface area contributed by atoms with Gasteiger partial charge < -0.3 is 21.4 Å². The number of likely N-dealkylation sites (N-methyl/N-ethyl adjacent to an activating group) is 1. The van der Waals surface area contributed by atoms with Crippen molar-refractivity contribution in [3.05, 3.63) is 69.2 Å². The molecule has 0 saturated carbocycles. The van der Waals surface area contributed by atoms with E-state index in [0.29, 0.717) is 10.0 Å². The van der Waals surface area contributed by atoms with Crippen LogP contribution < -0.4 is 16.4 Å². The highest BCUT2D eigenvalue weighted by atomic mass is 35.5. The summed E-state index contributed by atoms with van der Waals surface area (Å²) in [5.74, 6) is 0. The van der Waals surface area contributed by atoms with Gasteiger partial charge in [0, 0.05) is 37.5 Å². The number of aromatic amines is 1. The van der Waals surface area contributed by atoms with Gasteiger partial charge in [-0.15, -0.1) is 0 Å². The summed E-state index contributed by atoms with van der Waals surface area (Å²) in [6.07, 6.45) is 1.65. The SMILES string of the molecule is CC.CNCCc1cc(Nc2ccc(Cl)cc2Cl)cc2c1[nH]c1ccc(Cl)cc12.N=CN. The molecule has 0 spiro atoms. The first-order valence-electron chi connectivity index (χ1n) is 10.3. The first kappa shape index (κ1) is 25.8. The maximum absolute atomic E-state index is 6.34. The average Bonchev–Trinajstić information content (AvgIpc) is 3.14. The number of rotatable bonds is 5. The number of H-pyrrole nitrogens is 1. The minimum Gasteiger partial charge on any atom is -0.390 e. The number of hydrogen-bond acceptors (Lipinski definition) is 3. The van der Waals surface area contributed by atoms with E-state index >= 15 is 0 Å². The molecule has 0 atom stereocenters. The summed E-state index contributed by atoms with van der Waals surface area (Å²) in [7, 11) is 1.96. The van der Waals surface area contributed by atoms with E-state index in [-0.39, 0.29) is 0 Å². The van der Waals surface area contributed by atoms with E-state index in [1.807, 2.05) is 51.2 Å². The highest BCUT2D eigenvalue weighted by Crippen LogP contribution is 2.35. The molecule has 0 fully saturated rings. The second-order valence-electron chi connectivity index (χ2n) is 6.64. The molecular formula is C24H28Cl3N5. The smallest absolute Gasteiger partial charge is 0.0765 e. The molecule has 0 saturated heterocycles. The van der Waals surface area contributed by atoms with Gasteiger partial charge in [0.05, 0.1) is 17.0 Å². The summed E-state index contributed by atoms with van der Waals surface area (Å²) in [5.41, 5.74) is 9.61. The van der Waals surface area contributed by atoms with Crippen molar-refractivity contribution in [3.63, 3.8) is 0 Å². The van der Waals surface area contributed by atoms with Gasteiger partial charge >= 0.3 is 0 Å². The van der Waals surface area contributed by atoms with Crippen LogP contribution in [0.5, 0.6) is 0 Å². The number of nitrogens with two attached hydrogens (primary N) is 1. The van der Waals surface area contributed by atoms with Crippen LogP contribution in [0.4, 0.5) is 11.4 Å². The molecule has 5 nitrogen and oxygen atoms in total. The topological polar surface area (TPSA) is 89.7 Å². The predicted molar refractivity (Wildman–Crippen MR) is 143 cm³/mol. The van der Waals surface area contributed by atoms with E-state index in [1.165, 1.54) is 5.56 Å². The van der Waals surface area contributed by atoms with Gasteiger partial charge in [-0.2, -0.15) is 0 Å². The normalized spacial score (nSPS) is 10.2. The van der Waals surface area contributed by atoms with Crippen LogP contribution in [-0.4, -0.2) is 24.9 Å². The molecule has 0 amide bonds. The fourth-order valence-electron chi connectivity index (χ4n) is 3.32. The molecule has 0 aliphatic carbocycles. The third kappa shape index (κ3) is 6.30. The van der Waals surface area contributed by atoms with Gasteiger partial charge in [-0.25, -0.2) is 0 Å². The summed E-state index contributed by atoms with van der Waals surface area (Å²) in [5, 5.41) is 16.7. The molecular weight excluding hydrogens is 465 g/mol. The molecule has 0 unspecified atom stereocenters. The minimum atomic E-state index is 0.585. The zero-order valence-electron chi connectivity index (χ0n) is 18.3. The highest BCUT2D eigenvalue weighted by Gasteiger charge is 2.12. The molecule has 32 heavy (non-hydrogen) atoms. The van der Waals surface area contributed by atoms with Gasteiger partial charge in [0.2, 0.25) is 0 Å². The molecule has 0 aliphatic rings. The largest absolute Gasteiger partial charge is 0.390 e. The molecule has 6 N–H and O–H groups in total. The van der Waals surface area contributed by atoms with Crippen molar-refractivity contribution in [1.82, 2.24) is 10.3 Å². The summed E-state index contributed by atoms with van der Waals surface area (Å²) >= 11 is 18.6. The van der Waals surface area contributed by atoms with Crippen LogP contribution in [-0.2, 0) is 6.42 Å². The molecule has 8 heteroatoms. The molecule has 0 aliphatic heterocycles. The van der Waals surface area contributed by atoms with Crippen molar-refractivity contribution in [2.75, 3.05) is 18.9 Å². The number of anilines is 2. The number of aromatic nitrogens is 1. The molecule has 1 aromatic heterocycles. The van der Waals surface area contributed by atoms with E-state index in [2.05, 4.69) is 33.5 Å². The lowest BCUT2D eigenvalue weighted by Crippen LogP contribution is -2.10. The number of benzene rings is 3. The van der Waals surface area contributed by atoms with Gasteiger partial charge in [-0.3, -0.25) is 5.41 Å². The summed E-state index contributed by atoms with van der Waals surface area (Å²) in [4.78, 5) is 3.53. The van der Waals surface area contributed by atoms with Gasteiger partial charge in [0.25, 0.3) is 0 Å². The van der Waals surface area contributed by atoms with E-state index in [0.717, 1.165) is 57.5 Å². The molecule has 0 bridgehead atoms. The summed E-state index contributed by atoms with van der Waals surface area (Å²) in [6.45, 7) is 4.89. The molecule has 4 aromatic rings. The fraction of sp³-hybridized carbons (Fsp3) is 0.208. The number of fused-ring (bicyclic) bond motifs is 3. The third-order valence-corrected chi connectivity index (χ3v) is 5.39. The van der Waals surface area contributed by atoms with Gasteiger partial charge in [-0.1, -0.05) is 48.7 Å². The standard InChI is InChI=1S/C21H18Cl3N3.C2H6.CH4N2/c1-25-7-6-12-8-15(26-20-5-3-14(23)10-18(20)24)11-17-16-9-13(22)2-4-19(16)27-21(12)17;1-2;2-1-3/h2-5,8-11,25-27H,6-7H2,1H3;1-2H3;1H,(H3,2,3). The van der Waals surface area contributed by atoms with Crippen LogP contribution in [0, 0.1) is 5.41 Å². The van der Waals surface area contributed by atoms with Crippen LogP contribution in [0.25, 0.3) is 21.8 Å². The minimum absolute atomic E-state index is 0.585. The van der Waals surface area contributed by atoms with Crippen LogP contribution in [0.2, 0.25) is 15.1 Å². The Balaban J connectivity index is 0.000000671. The summed E-state index contributed by atoms with van der Waals surface area (Å²) in [6, 6.07) is 15.6. The van der Waals surface area contributed by atoms with Gasteiger partial charge in [0.1, 0.15) is 0 Å². The van der Waals surface area contributed by atoms with E-state index < -0.39 is 0 Å². The first-order valence-corrected chi connectivity index (χ1v) is 11.4. The zero-order valence-corrected chi connectivity index (χ0v) is 20.6. The Bertz CT molecular complexity index is 1190. The third-order valence-electron chi connectivity index (χ3n) is 4.61. The van der Waals surface area contributed by atoms with Crippen LogP contribution in [0.1, 0.15) is 19.4 Å². The van der Waals surface area contributed by atoms with Crippen molar-refractivity contribution < 1.29 is 0 Å². The zero-order chi connectivity index (χ0) is 23.7. The molecule has 3 aromatic carbocycles. The van der Waals surface area contributed by atoms with Crippen LogP contribution in [0.3, 0.4) is 0 Å². The van der Waals surface area contributed by atoms with Gasteiger partial charge in [-0.05, 0) is 74.1 Å². The second kappa shape index (κ2) is 12.6. The Kier molecular flexibility index (Phi) is 10.1. The van der Waals surface area contributed by atoms with Crippen molar-refractivity contribution in [2.45, 2.75) is 20.3 Å². The lowest BCUT2D eigenvalue weighted by molar-refractivity contribution is 0.794. The van der Waals surface area contributed by atoms with E-state index in [1.54, 1.807) is 6.07 Å². The predicted octanol–water partition coefficient (Wildman–Crippen LogP) is 7.37. The Labute approximate surface area is 203 Å². The lowest BCUT2D eigenvalue weighted by Gasteiger charge is -2.12. The molecule has 0 radical (unpaired) electrons. The van der Waals surface area contributed by atoms with Crippen LogP contribution in [0.15, 0.2) is 48.5 Å². The average molecular weight is 493 g/mol. The Hall–Kier alpha value is -2.44. The highest BCUT2D eigenvalue weighted by molar-refractivity contribution is 6.36. The Morgan fingerprint density at radius 2 is 1.62 bits per heavy atom. The molecule has 4 rings (SSSR count). The van der Waals surface area contributed by atoms with Crippen molar-refractivity contribution in [3.8, 4) is 0 Å². The van der Waals surface area contributed by atoms with E-state index in [9.17, 15) is 0 Å². The van der Waals surface area contributed by atoms with Crippen LogP contribution >= 0.6 is 34.8 Å². The Morgan fingerprint density at radius 1 is 0.969 bits per heavy atom. The maximum Gasteiger partial charge on any atom is 0.0765 e. The fourth-order valence-corrected chi connectivity index (χ4v) is 3.95. The Morgan fingerprint density at radius 3 is 2.28 bits per heavy atom. The number of halogens is 3. The maximum atomic E-state index is 6.34. The quantitative estimate of drug-likeness (QED) is 0.149. The lowest BCUT2D eigenvalue weighted by atomic mass is 10.0. The van der Waals surface area contributed by atoms with Crippen molar-refractivity contribution in [1.29, 1.82) is 5.41 Å². The number of hydrogen-bond donors (Lipinski definition) is 5. The second-order valence-corrected chi connectivity index (χ2v) is 7.92. The number of nitrogens with one attached hydrogen (secondary N) is 4. The summed E-state index contributed by atoms with van der Waals surface area (Å²) < 4.78 is 0. The van der Waals surface area contributed by atoms with Crippen molar-refractivity contribution >= 4 is 74.3 Å². The van der Waals surface area contributed by atoms with Crippen molar-refractivity contribution in [2.24, 2.45) is 5.73 Å².